The molecule has 0 aromatic carbocycles. The first-order valence-electron chi connectivity index (χ1n) is 10.4. The zero-order valence-electron chi connectivity index (χ0n) is 19.1. The number of ether oxygens (including phenoxy) is 1. The minimum atomic E-state index is -0.949. The number of hydrogen-bond donors (Lipinski definition) is 3. The summed E-state index contributed by atoms with van der Waals surface area (Å²) in [5.41, 5.74) is 13.0. The minimum absolute atomic E-state index is 0.0712. The average molecular weight is 493 g/mol. The molecule has 0 spiro atoms. The topological polar surface area (TPSA) is 167 Å². The lowest BCUT2D eigenvalue weighted by molar-refractivity contribution is -0.140. The highest BCUT2D eigenvalue weighted by Crippen LogP contribution is 2.27. The molecule has 5 N–H and O–H groups in total. The third kappa shape index (κ3) is 21.2. The lowest BCUT2D eigenvalue weighted by Gasteiger charge is -2.18. The summed E-state index contributed by atoms with van der Waals surface area (Å²) in [6, 6.07) is 0. The van der Waals surface area contributed by atoms with E-state index in [1.54, 1.807) is 6.92 Å². The molecule has 1 aliphatic carbocycles. The maximum atomic E-state index is 11.4. The Morgan fingerprint density at radius 3 is 1.62 bits per heavy atom. The lowest BCUT2D eigenvalue weighted by Crippen LogP contribution is -2.07. The highest BCUT2D eigenvalue weighted by molar-refractivity contribution is 8.14. The van der Waals surface area contributed by atoms with E-state index in [9.17, 15) is 24.0 Å². The van der Waals surface area contributed by atoms with Gasteiger partial charge in [0, 0.05) is 36.5 Å². The number of allylic oxidation sites excluding steroid dienone is 2. The van der Waals surface area contributed by atoms with Crippen molar-refractivity contribution in [1.29, 1.82) is 0 Å². The normalized spacial score (nSPS) is 11.5. The van der Waals surface area contributed by atoms with Gasteiger partial charge in [0.25, 0.3) is 0 Å². The summed E-state index contributed by atoms with van der Waals surface area (Å²) in [5.74, 6) is -1.01. The number of primary amides is 1. The zero-order chi connectivity index (χ0) is 24.9. The zero-order valence-corrected chi connectivity index (χ0v) is 20.8. The van der Waals surface area contributed by atoms with E-state index in [0.717, 1.165) is 35.6 Å². The van der Waals surface area contributed by atoms with Gasteiger partial charge in [0.05, 0.1) is 20.0 Å². The van der Waals surface area contributed by atoms with E-state index in [-0.39, 0.29) is 53.5 Å². The van der Waals surface area contributed by atoms with Crippen LogP contribution in [0, 0.1) is 0 Å². The van der Waals surface area contributed by atoms with E-state index >= 15 is 0 Å². The van der Waals surface area contributed by atoms with Crippen LogP contribution in [-0.2, 0) is 28.7 Å². The van der Waals surface area contributed by atoms with Gasteiger partial charge in [-0.05, 0) is 25.7 Å². The van der Waals surface area contributed by atoms with Crippen LogP contribution in [0.4, 0.5) is 0 Å². The highest BCUT2D eigenvalue weighted by Gasteiger charge is 2.11. The molecular formula is C21H36N2O7S2. The second-order valence-corrected chi connectivity index (χ2v) is 8.87. The van der Waals surface area contributed by atoms with Crippen molar-refractivity contribution < 1.29 is 33.8 Å². The van der Waals surface area contributed by atoms with Gasteiger partial charge < -0.3 is 21.3 Å². The molecule has 1 rings (SSSR count). The number of carbonyl (C=O) groups is 5. The first-order chi connectivity index (χ1) is 15.1. The molecule has 11 heteroatoms. The first kappa shape index (κ1) is 32.2. The third-order valence-electron chi connectivity index (χ3n) is 4.05. The van der Waals surface area contributed by atoms with E-state index in [2.05, 4.69) is 17.4 Å². The van der Waals surface area contributed by atoms with Gasteiger partial charge in [-0.1, -0.05) is 42.9 Å². The molecule has 1 fully saturated rings. The van der Waals surface area contributed by atoms with Crippen LogP contribution in [0.2, 0.25) is 0 Å². The van der Waals surface area contributed by atoms with Crippen molar-refractivity contribution in [2.45, 2.75) is 71.6 Å². The largest absolute Gasteiger partial charge is 0.481 e. The molecule has 0 aromatic heterocycles. The van der Waals surface area contributed by atoms with Crippen molar-refractivity contribution in [2.75, 3.05) is 18.6 Å². The second kappa shape index (κ2) is 20.9. The Kier molecular flexibility index (Phi) is 21.0. The molecule has 0 heterocycles. The summed E-state index contributed by atoms with van der Waals surface area (Å²) in [4.78, 5) is 53.2. The molecule has 0 unspecified atom stereocenters. The molecular weight excluding hydrogens is 456 g/mol. The summed E-state index contributed by atoms with van der Waals surface area (Å²) >= 11 is 1.92. The van der Waals surface area contributed by atoms with Crippen molar-refractivity contribution in [3.05, 3.63) is 11.3 Å². The number of carboxylic acid groups (broad SMARTS) is 1. The van der Waals surface area contributed by atoms with E-state index in [4.69, 9.17) is 10.8 Å². The number of carbonyl (C=O) groups excluding carboxylic acids is 4. The predicted molar refractivity (Wildman–Crippen MR) is 128 cm³/mol. The first-order valence-corrected chi connectivity index (χ1v) is 12.4. The fourth-order valence-electron chi connectivity index (χ4n) is 1.88. The standard InChI is InChI=1S/C11H16O6S2.C7H13N.C3H7NO/c1-17-9(14)5-7-19-11(16)3-2-10(15)18-6-4-8(12)13;1-2-7(8)6-4-3-5-6;1-2-3(4)5/h2-7H2,1H3,(H,12,13);2-5,8H2,1H3;2H2,1H3,(H2,4,5). The summed E-state index contributed by atoms with van der Waals surface area (Å²) in [7, 11) is 1.28. The van der Waals surface area contributed by atoms with Crippen LogP contribution >= 0.6 is 23.5 Å². The Bertz CT molecular complexity index is 641. The lowest BCUT2D eigenvalue weighted by atomic mass is 9.90. The fourth-order valence-corrected chi connectivity index (χ4v) is 3.37. The fraction of sp³-hybridized carbons (Fsp3) is 0.667. The number of carboxylic acids is 1. The second-order valence-electron chi connectivity index (χ2n) is 6.57. The van der Waals surface area contributed by atoms with Gasteiger partial charge in [-0.3, -0.25) is 24.0 Å². The third-order valence-corrected chi connectivity index (χ3v) is 5.92. The summed E-state index contributed by atoms with van der Waals surface area (Å²) in [6.45, 7) is 3.84. The van der Waals surface area contributed by atoms with E-state index in [1.165, 1.54) is 31.9 Å². The SMILES string of the molecule is CCC(N)=C1CCC1.CCC(N)=O.COC(=O)CCSC(=O)CCC(=O)SCCC(=O)O. The smallest absolute Gasteiger partial charge is 0.306 e. The molecule has 32 heavy (non-hydrogen) atoms. The molecule has 1 amide bonds. The van der Waals surface area contributed by atoms with Gasteiger partial charge in [-0.25, -0.2) is 0 Å². The number of nitrogens with two attached hydrogens (primary N) is 2. The molecule has 1 aliphatic rings. The molecule has 0 saturated heterocycles. The highest BCUT2D eigenvalue weighted by atomic mass is 32.2. The number of thioether (sulfide) groups is 2. The van der Waals surface area contributed by atoms with Gasteiger partial charge in [0.1, 0.15) is 0 Å². The number of esters is 1. The maximum Gasteiger partial charge on any atom is 0.306 e. The van der Waals surface area contributed by atoms with E-state index in [1.807, 2.05) is 0 Å². The predicted octanol–water partition coefficient (Wildman–Crippen LogP) is 3.00. The Labute approximate surface area is 198 Å². The monoisotopic (exact) mass is 492 g/mol. The number of amides is 1. The molecule has 0 atom stereocenters. The average Bonchev–Trinajstić information content (AvgIpc) is 2.71. The van der Waals surface area contributed by atoms with Crippen molar-refractivity contribution in [1.82, 2.24) is 0 Å². The van der Waals surface area contributed by atoms with E-state index < -0.39 is 5.97 Å². The van der Waals surface area contributed by atoms with Crippen LogP contribution < -0.4 is 11.5 Å². The summed E-state index contributed by atoms with van der Waals surface area (Å²) in [5, 5.41) is 8.04. The minimum Gasteiger partial charge on any atom is -0.481 e. The van der Waals surface area contributed by atoms with Crippen molar-refractivity contribution in [3.8, 4) is 0 Å². The van der Waals surface area contributed by atoms with Gasteiger partial charge in [-0.15, -0.1) is 0 Å². The number of hydrogen-bond acceptors (Lipinski definition) is 9. The molecule has 0 bridgehead atoms. The number of methoxy groups -OCH3 is 1. The van der Waals surface area contributed by atoms with Crippen molar-refractivity contribution in [2.24, 2.45) is 11.5 Å². The quantitative estimate of drug-likeness (QED) is 0.365. The van der Waals surface area contributed by atoms with Gasteiger partial charge in [0.2, 0.25) is 5.91 Å². The molecule has 184 valence electrons. The molecule has 0 aliphatic heterocycles. The molecule has 0 aromatic rings. The number of aliphatic carboxylic acids is 1. The van der Waals surface area contributed by atoms with Crippen LogP contribution in [0.5, 0.6) is 0 Å². The van der Waals surface area contributed by atoms with Crippen LogP contribution in [0.25, 0.3) is 0 Å². The number of rotatable bonds is 11. The maximum absolute atomic E-state index is 11.4. The van der Waals surface area contributed by atoms with Gasteiger partial charge in [0.15, 0.2) is 10.2 Å². The van der Waals surface area contributed by atoms with Gasteiger partial charge >= 0.3 is 11.9 Å². The van der Waals surface area contributed by atoms with Crippen LogP contribution in [0.15, 0.2) is 11.3 Å². The van der Waals surface area contributed by atoms with E-state index in [0.29, 0.717) is 12.2 Å². The van der Waals surface area contributed by atoms with Crippen LogP contribution in [0.1, 0.15) is 71.6 Å². The summed E-state index contributed by atoms with van der Waals surface area (Å²) in [6.07, 6.45) is 5.65. The Morgan fingerprint density at radius 2 is 1.34 bits per heavy atom. The van der Waals surface area contributed by atoms with Crippen LogP contribution in [-0.4, -0.2) is 51.8 Å². The molecule has 9 nitrogen and oxygen atoms in total. The Morgan fingerprint density at radius 1 is 0.875 bits per heavy atom. The van der Waals surface area contributed by atoms with Crippen molar-refractivity contribution >= 4 is 51.6 Å². The Hall–Kier alpha value is -2.01. The molecule has 0 radical (unpaired) electrons. The summed E-state index contributed by atoms with van der Waals surface area (Å²) < 4.78 is 4.42. The molecule has 1 saturated carbocycles. The van der Waals surface area contributed by atoms with Crippen molar-refractivity contribution in [3.63, 3.8) is 0 Å². The van der Waals surface area contributed by atoms with Gasteiger partial charge in [-0.2, -0.15) is 0 Å². The Balaban J connectivity index is 0. The van der Waals surface area contributed by atoms with Crippen LogP contribution in [0.3, 0.4) is 0 Å².